The van der Waals surface area contributed by atoms with Crippen LogP contribution in [0.3, 0.4) is 0 Å². The Labute approximate surface area is 123 Å². The largest absolute Gasteiger partial charge is 0.351 e. The van der Waals surface area contributed by atoms with Gasteiger partial charge in [0, 0.05) is 21.7 Å². The average molecular weight is 288 g/mol. The monoisotopic (exact) mass is 288 g/mol. The molecular formula is C16H20N2OS. The first-order chi connectivity index (χ1) is 9.79. The summed E-state index contributed by atoms with van der Waals surface area (Å²) in [6.07, 6.45) is 5.11. The number of nitrogens with two attached hydrogens (primary N) is 1. The second-order valence-electron chi connectivity index (χ2n) is 5.66. The zero-order chi connectivity index (χ0) is 13.9. The van der Waals surface area contributed by atoms with Crippen molar-refractivity contribution in [3.05, 3.63) is 21.9 Å². The molecular weight excluding hydrogens is 268 g/mol. The van der Waals surface area contributed by atoms with E-state index in [1.165, 1.54) is 25.7 Å². The zero-order valence-electron chi connectivity index (χ0n) is 11.5. The van der Waals surface area contributed by atoms with Gasteiger partial charge < -0.3 is 11.1 Å². The quantitative estimate of drug-likeness (QED) is 0.837. The van der Waals surface area contributed by atoms with Crippen molar-refractivity contribution in [2.24, 2.45) is 23.5 Å². The number of carbonyl (C=O) groups is 1. The number of amides is 1. The Hall–Kier alpha value is -1.31. The van der Waals surface area contributed by atoms with Crippen molar-refractivity contribution in [3.63, 3.8) is 0 Å². The summed E-state index contributed by atoms with van der Waals surface area (Å²) in [4.78, 5) is 13.3. The second kappa shape index (κ2) is 5.99. The molecule has 0 spiro atoms. The van der Waals surface area contributed by atoms with Crippen LogP contribution >= 0.6 is 11.3 Å². The highest BCUT2D eigenvalue weighted by atomic mass is 32.1. The van der Waals surface area contributed by atoms with Crippen LogP contribution in [0, 0.1) is 29.6 Å². The van der Waals surface area contributed by atoms with Gasteiger partial charge in [-0.15, -0.1) is 11.3 Å². The fourth-order valence-corrected chi connectivity index (χ4v) is 4.12. The molecule has 1 heterocycles. The molecule has 3 rings (SSSR count). The lowest BCUT2D eigenvalue weighted by Crippen LogP contribution is -2.25. The van der Waals surface area contributed by atoms with Gasteiger partial charge in [0.15, 0.2) is 0 Å². The van der Waals surface area contributed by atoms with Gasteiger partial charge in [0.1, 0.15) is 0 Å². The maximum Gasteiger partial charge on any atom is 0.223 e. The summed E-state index contributed by atoms with van der Waals surface area (Å²) in [5, 5.41) is 5.10. The summed E-state index contributed by atoms with van der Waals surface area (Å²) >= 11 is 1.64. The molecule has 106 valence electrons. The first-order valence-corrected chi connectivity index (χ1v) is 8.21. The molecule has 0 bridgehead atoms. The molecule has 2 aliphatic rings. The van der Waals surface area contributed by atoms with E-state index in [1.54, 1.807) is 11.3 Å². The Morgan fingerprint density at radius 2 is 2.15 bits per heavy atom. The minimum Gasteiger partial charge on any atom is -0.351 e. The highest BCUT2D eigenvalue weighted by molar-refractivity contribution is 7.10. The average Bonchev–Trinajstić information content (AvgIpc) is 3.03. The SMILES string of the molecule is NCC#Cc1csc(CNC(=O)C2C3CCCCC32)c1. The van der Waals surface area contributed by atoms with E-state index in [-0.39, 0.29) is 5.91 Å². The molecule has 1 aromatic rings. The molecule has 2 saturated carbocycles. The first-order valence-electron chi connectivity index (χ1n) is 7.33. The van der Waals surface area contributed by atoms with E-state index in [1.807, 2.05) is 11.4 Å². The molecule has 3 N–H and O–H groups in total. The molecule has 4 heteroatoms. The van der Waals surface area contributed by atoms with Crippen LogP contribution in [0.5, 0.6) is 0 Å². The number of hydrogen-bond acceptors (Lipinski definition) is 3. The van der Waals surface area contributed by atoms with Gasteiger partial charge in [-0.2, -0.15) is 0 Å². The molecule has 0 saturated heterocycles. The number of carbonyl (C=O) groups excluding carboxylic acids is 1. The molecule has 3 nitrogen and oxygen atoms in total. The van der Waals surface area contributed by atoms with Crippen LogP contribution in [0.15, 0.2) is 11.4 Å². The van der Waals surface area contributed by atoms with Crippen LogP contribution in [0.1, 0.15) is 36.1 Å². The van der Waals surface area contributed by atoms with Gasteiger partial charge in [-0.25, -0.2) is 0 Å². The van der Waals surface area contributed by atoms with Crippen LogP contribution in [0.4, 0.5) is 0 Å². The third-order valence-electron chi connectivity index (χ3n) is 4.38. The highest BCUT2D eigenvalue weighted by Gasteiger charge is 2.54. The predicted octanol–water partition coefficient (Wildman–Crippen LogP) is 2.11. The molecule has 2 aliphatic carbocycles. The summed E-state index contributed by atoms with van der Waals surface area (Å²) in [7, 11) is 0. The fraction of sp³-hybridized carbons (Fsp3) is 0.562. The van der Waals surface area contributed by atoms with Crippen LogP contribution in [0.2, 0.25) is 0 Å². The van der Waals surface area contributed by atoms with Gasteiger partial charge in [-0.1, -0.05) is 24.7 Å². The lowest BCUT2D eigenvalue weighted by Gasteiger charge is -2.04. The van der Waals surface area contributed by atoms with Crippen molar-refractivity contribution in [2.75, 3.05) is 6.54 Å². The molecule has 20 heavy (non-hydrogen) atoms. The van der Waals surface area contributed by atoms with E-state index in [9.17, 15) is 4.79 Å². The van der Waals surface area contributed by atoms with Gasteiger partial charge >= 0.3 is 0 Å². The van der Waals surface area contributed by atoms with Crippen molar-refractivity contribution < 1.29 is 4.79 Å². The summed E-state index contributed by atoms with van der Waals surface area (Å²) < 4.78 is 0. The summed E-state index contributed by atoms with van der Waals surface area (Å²) in [5.74, 6) is 7.76. The first kappa shape index (κ1) is 13.7. The van der Waals surface area contributed by atoms with Crippen molar-refractivity contribution in [1.29, 1.82) is 0 Å². The molecule has 1 aromatic heterocycles. The Balaban J connectivity index is 1.49. The number of nitrogens with one attached hydrogen (secondary N) is 1. The third-order valence-corrected chi connectivity index (χ3v) is 5.32. The predicted molar refractivity (Wildman–Crippen MR) is 81.0 cm³/mol. The van der Waals surface area contributed by atoms with Gasteiger partial charge in [0.25, 0.3) is 0 Å². The summed E-state index contributed by atoms with van der Waals surface area (Å²) in [6, 6.07) is 2.04. The molecule has 0 radical (unpaired) electrons. The van der Waals surface area contributed by atoms with Crippen molar-refractivity contribution in [2.45, 2.75) is 32.2 Å². The second-order valence-corrected chi connectivity index (χ2v) is 6.66. The molecule has 1 amide bonds. The van der Waals surface area contributed by atoms with Crippen LogP contribution < -0.4 is 11.1 Å². The van der Waals surface area contributed by atoms with Crippen molar-refractivity contribution in [1.82, 2.24) is 5.32 Å². The number of fused-ring (bicyclic) bond motifs is 1. The molecule has 2 fully saturated rings. The minimum atomic E-state index is 0.255. The van der Waals surface area contributed by atoms with Crippen LogP contribution in [-0.4, -0.2) is 12.5 Å². The summed E-state index contributed by atoms with van der Waals surface area (Å²) in [6.45, 7) is 1.01. The number of thiophene rings is 1. The smallest absolute Gasteiger partial charge is 0.223 e. The maximum absolute atomic E-state index is 12.2. The Bertz CT molecular complexity index is 542. The lowest BCUT2D eigenvalue weighted by atomic mass is 10.0. The van der Waals surface area contributed by atoms with Gasteiger partial charge in [0.05, 0.1) is 13.1 Å². The van der Waals surface area contributed by atoms with E-state index < -0.39 is 0 Å². The summed E-state index contributed by atoms with van der Waals surface area (Å²) in [5.41, 5.74) is 6.34. The topological polar surface area (TPSA) is 55.1 Å². The molecule has 2 atom stereocenters. The molecule has 0 aliphatic heterocycles. The van der Waals surface area contributed by atoms with Gasteiger partial charge in [-0.05, 0) is 30.7 Å². The van der Waals surface area contributed by atoms with E-state index in [4.69, 9.17) is 5.73 Å². The zero-order valence-corrected chi connectivity index (χ0v) is 12.3. The Morgan fingerprint density at radius 3 is 2.85 bits per heavy atom. The van der Waals surface area contributed by atoms with Crippen LogP contribution in [-0.2, 0) is 11.3 Å². The Morgan fingerprint density at radius 1 is 1.40 bits per heavy atom. The maximum atomic E-state index is 12.2. The van der Waals surface area contributed by atoms with Crippen molar-refractivity contribution >= 4 is 17.2 Å². The molecule has 0 aromatic carbocycles. The van der Waals surface area contributed by atoms with E-state index in [0.717, 1.165) is 10.4 Å². The standard InChI is InChI=1S/C16H20N2OS/c17-7-3-4-11-8-12(20-10-11)9-18-16(19)15-13-5-1-2-6-14(13)15/h8,10,13-15H,1-2,5-7,9,17H2,(H,18,19). The highest BCUT2D eigenvalue weighted by Crippen LogP contribution is 2.55. The van der Waals surface area contributed by atoms with E-state index in [0.29, 0.717) is 30.8 Å². The van der Waals surface area contributed by atoms with Gasteiger partial charge in [0.2, 0.25) is 5.91 Å². The number of hydrogen-bond donors (Lipinski definition) is 2. The van der Waals surface area contributed by atoms with E-state index >= 15 is 0 Å². The van der Waals surface area contributed by atoms with Crippen molar-refractivity contribution in [3.8, 4) is 11.8 Å². The normalized spacial score (nSPS) is 27.1. The van der Waals surface area contributed by atoms with Gasteiger partial charge in [-0.3, -0.25) is 4.79 Å². The Kier molecular flexibility index (Phi) is 4.09. The van der Waals surface area contributed by atoms with Crippen LogP contribution in [0.25, 0.3) is 0 Å². The minimum absolute atomic E-state index is 0.255. The number of rotatable bonds is 3. The fourth-order valence-electron chi connectivity index (χ4n) is 3.37. The molecule has 2 unspecified atom stereocenters. The van der Waals surface area contributed by atoms with E-state index in [2.05, 4.69) is 17.2 Å². The lowest BCUT2D eigenvalue weighted by molar-refractivity contribution is -0.123. The third kappa shape index (κ3) is 2.89.